The minimum Gasteiger partial charge on any atom is -0.455 e. The van der Waals surface area contributed by atoms with E-state index in [0.29, 0.717) is 11.4 Å². The number of ether oxygens (including phenoxy) is 1. The summed E-state index contributed by atoms with van der Waals surface area (Å²) in [5.74, 6) is -1.52. The Bertz CT molecular complexity index is 1130. The molecule has 0 fully saturated rings. The molecule has 1 unspecified atom stereocenters. The van der Waals surface area contributed by atoms with Gasteiger partial charge < -0.3 is 25.8 Å². The minimum absolute atomic E-state index is 0.188. The average molecular weight is 418 g/mol. The highest BCUT2D eigenvalue weighted by Gasteiger charge is 2.21. The summed E-state index contributed by atoms with van der Waals surface area (Å²) in [6.45, 7) is 4.67. The van der Waals surface area contributed by atoms with Crippen LogP contribution in [0.1, 0.15) is 32.3 Å². The van der Waals surface area contributed by atoms with Crippen LogP contribution in [0.2, 0.25) is 0 Å². The fraction of sp³-hybridized carbons (Fsp3) is 0.208. The lowest BCUT2D eigenvalue weighted by molar-refractivity contribution is -0.149. The van der Waals surface area contributed by atoms with Gasteiger partial charge in [0.15, 0.2) is 6.61 Å². The van der Waals surface area contributed by atoms with Crippen molar-refractivity contribution in [1.82, 2.24) is 10.3 Å². The molecular weight excluding hydrogens is 392 g/mol. The molecule has 2 aromatic carbocycles. The van der Waals surface area contributed by atoms with Crippen LogP contribution in [0.4, 0.5) is 5.69 Å². The summed E-state index contributed by atoms with van der Waals surface area (Å²) in [6, 6.07) is 17.1. The van der Waals surface area contributed by atoms with Crippen molar-refractivity contribution in [2.24, 2.45) is 0 Å². The SMILES string of the molecule is CC(=N)/C(NC(=O)COC(=O)C(C)c1c[nH]c2ccccc12)=C(/C)Nc1ccccc1. The molecule has 7 nitrogen and oxygen atoms in total. The average Bonchev–Trinajstić information content (AvgIpc) is 3.19. The fourth-order valence-corrected chi connectivity index (χ4v) is 3.29. The molecule has 0 saturated heterocycles. The van der Waals surface area contributed by atoms with E-state index in [4.69, 9.17) is 10.1 Å². The molecule has 0 radical (unpaired) electrons. The number of hydrogen-bond donors (Lipinski definition) is 4. The third-order valence-electron chi connectivity index (χ3n) is 4.91. The summed E-state index contributed by atoms with van der Waals surface area (Å²) in [4.78, 5) is 28.0. The third kappa shape index (κ3) is 5.39. The summed E-state index contributed by atoms with van der Waals surface area (Å²) in [6.07, 6.45) is 1.79. The number of allylic oxidation sites excluding steroid dienone is 2. The number of fused-ring (bicyclic) bond motifs is 1. The Morgan fingerprint density at radius 3 is 2.45 bits per heavy atom. The van der Waals surface area contributed by atoms with Crippen molar-refractivity contribution < 1.29 is 14.3 Å². The first kappa shape index (κ1) is 21.8. The standard InChI is InChI=1S/C24H26N4O3/c1-15(20-13-26-21-12-8-7-11-19(20)21)24(30)31-14-22(29)28-23(16(2)25)17(3)27-18-9-5-4-6-10-18/h4-13,15,25-27H,14H2,1-3H3,(H,28,29)/b23-17+,25-16?. The van der Waals surface area contributed by atoms with Crippen LogP contribution in [-0.2, 0) is 14.3 Å². The van der Waals surface area contributed by atoms with Gasteiger partial charge in [0.1, 0.15) is 0 Å². The van der Waals surface area contributed by atoms with Crippen LogP contribution >= 0.6 is 0 Å². The van der Waals surface area contributed by atoms with Crippen LogP contribution in [0.5, 0.6) is 0 Å². The minimum atomic E-state index is -0.523. The molecule has 1 aromatic heterocycles. The zero-order chi connectivity index (χ0) is 22.4. The van der Waals surface area contributed by atoms with Gasteiger partial charge in [0.2, 0.25) is 0 Å². The topological polar surface area (TPSA) is 107 Å². The number of para-hydroxylation sites is 2. The largest absolute Gasteiger partial charge is 0.455 e. The van der Waals surface area contributed by atoms with Crippen LogP contribution in [0.15, 0.2) is 72.2 Å². The number of carbonyl (C=O) groups excluding carboxylic acids is 2. The van der Waals surface area contributed by atoms with E-state index in [1.54, 1.807) is 27.0 Å². The highest BCUT2D eigenvalue weighted by molar-refractivity contribution is 6.00. The Balaban J connectivity index is 1.61. The molecule has 31 heavy (non-hydrogen) atoms. The number of nitrogens with one attached hydrogen (secondary N) is 4. The first-order valence-corrected chi connectivity index (χ1v) is 9.97. The van der Waals surface area contributed by atoms with E-state index < -0.39 is 24.4 Å². The molecule has 160 valence electrons. The smallest absolute Gasteiger partial charge is 0.313 e. The molecule has 1 amide bonds. The molecule has 3 aromatic rings. The number of rotatable bonds is 8. The number of anilines is 1. The van der Waals surface area contributed by atoms with Crippen LogP contribution < -0.4 is 10.6 Å². The van der Waals surface area contributed by atoms with E-state index in [9.17, 15) is 9.59 Å². The summed E-state index contributed by atoms with van der Waals surface area (Å²) in [7, 11) is 0. The summed E-state index contributed by atoms with van der Waals surface area (Å²) < 4.78 is 5.24. The molecule has 0 bridgehead atoms. The maximum Gasteiger partial charge on any atom is 0.313 e. The van der Waals surface area contributed by atoms with Crippen molar-refractivity contribution in [3.63, 3.8) is 0 Å². The Kier molecular flexibility index (Phi) is 6.87. The summed E-state index contributed by atoms with van der Waals surface area (Å²) >= 11 is 0. The number of esters is 1. The quantitative estimate of drug-likeness (QED) is 0.323. The fourth-order valence-electron chi connectivity index (χ4n) is 3.29. The molecule has 0 spiro atoms. The number of aromatic nitrogens is 1. The van der Waals surface area contributed by atoms with Gasteiger partial charge in [-0.2, -0.15) is 0 Å². The molecule has 0 saturated carbocycles. The number of aromatic amines is 1. The van der Waals surface area contributed by atoms with Crippen molar-refractivity contribution in [2.45, 2.75) is 26.7 Å². The van der Waals surface area contributed by atoms with Gasteiger partial charge in [-0.1, -0.05) is 36.4 Å². The number of benzene rings is 2. The maximum atomic E-state index is 12.5. The van der Waals surface area contributed by atoms with Gasteiger partial charge in [0.05, 0.1) is 17.3 Å². The lowest BCUT2D eigenvalue weighted by atomic mass is 10.0. The molecule has 3 rings (SSSR count). The highest BCUT2D eigenvalue weighted by Crippen LogP contribution is 2.26. The van der Waals surface area contributed by atoms with E-state index in [2.05, 4.69) is 15.6 Å². The van der Waals surface area contributed by atoms with Gasteiger partial charge in [-0.3, -0.25) is 9.59 Å². The normalized spacial score (nSPS) is 12.6. The third-order valence-corrected chi connectivity index (χ3v) is 4.91. The van der Waals surface area contributed by atoms with Crippen LogP contribution in [0.3, 0.4) is 0 Å². The van der Waals surface area contributed by atoms with Gasteiger partial charge in [-0.05, 0) is 44.5 Å². The molecule has 0 aliphatic carbocycles. The van der Waals surface area contributed by atoms with Crippen molar-refractivity contribution in [3.05, 3.63) is 77.8 Å². The van der Waals surface area contributed by atoms with E-state index >= 15 is 0 Å². The van der Waals surface area contributed by atoms with Gasteiger partial charge in [-0.25, -0.2) is 0 Å². The van der Waals surface area contributed by atoms with Crippen molar-refractivity contribution in [3.8, 4) is 0 Å². The predicted octanol–water partition coefficient (Wildman–Crippen LogP) is 4.31. The molecule has 1 heterocycles. The van der Waals surface area contributed by atoms with Gasteiger partial charge in [0, 0.05) is 28.5 Å². The number of H-pyrrole nitrogens is 1. The van der Waals surface area contributed by atoms with Gasteiger partial charge in [-0.15, -0.1) is 0 Å². The monoisotopic (exact) mass is 418 g/mol. The number of amides is 1. The van der Waals surface area contributed by atoms with Crippen molar-refractivity contribution in [1.29, 1.82) is 5.41 Å². The zero-order valence-corrected chi connectivity index (χ0v) is 17.8. The highest BCUT2D eigenvalue weighted by atomic mass is 16.5. The number of hydrogen-bond acceptors (Lipinski definition) is 5. The number of carbonyl (C=O) groups is 2. The summed E-state index contributed by atoms with van der Waals surface area (Å²) in [5.41, 5.74) is 3.74. The van der Waals surface area contributed by atoms with Crippen LogP contribution in [-0.4, -0.2) is 29.2 Å². The van der Waals surface area contributed by atoms with Crippen LogP contribution in [0.25, 0.3) is 10.9 Å². The van der Waals surface area contributed by atoms with Gasteiger partial charge >= 0.3 is 5.97 Å². The lowest BCUT2D eigenvalue weighted by Gasteiger charge is -2.15. The van der Waals surface area contributed by atoms with Crippen molar-refractivity contribution >= 4 is 34.2 Å². The molecule has 0 aliphatic heterocycles. The Labute approximate surface area is 181 Å². The molecule has 7 heteroatoms. The van der Waals surface area contributed by atoms with E-state index in [1.165, 1.54) is 0 Å². The second-order valence-corrected chi connectivity index (χ2v) is 7.28. The Morgan fingerprint density at radius 2 is 1.74 bits per heavy atom. The first-order valence-electron chi connectivity index (χ1n) is 9.97. The Morgan fingerprint density at radius 1 is 1.06 bits per heavy atom. The maximum absolute atomic E-state index is 12.5. The zero-order valence-electron chi connectivity index (χ0n) is 17.8. The van der Waals surface area contributed by atoms with E-state index in [-0.39, 0.29) is 5.71 Å². The molecule has 4 N–H and O–H groups in total. The van der Waals surface area contributed by atoms with E-state index in [0.717, 1.165) is 22.2 Å². The molecular formula is C24H26N4O3. The second kappa shape index (κ2) is 9.75. The summed E-state index contributed by atoms with van der Waals surface area (Å²) in [5, 5.41) is 14.7. The second-order valence-electron chi connectivity index (χ2n) is 7.28. The van der Waals surface area contributed by atoms with E-state index in [1.807, 2.05) is 54.6 Å². The Hall–Kier alpha value is -3.87. The lowest BCUT2D eigenvalue weighted by Crippen LogP contribution is -2.32. The van der Waals surface area contributed by atoms with Crippen LogP contribution in [0, 0.1) is 5.41 Å². The molecule has 0 aliphatic rings. The predicted molar refractivity (Wildman–Crippen MR) is 122 cm³/mol. The first-order chi connectivity index (χ1) is 14.9. The van der Waals surface area contributed by atoms with Crippen molar-refractivity contribution in [2.75, 3.05) is 11.9 Å². The van der Waals surface area contributed by atoms with Gasteiger partial charge in [0.25, 0.3) is 5.91 Å². The molecule has 1 atom stereocenters.